The highest BCUT2D eigenvalue weighted by Crippen LogP contribution is 2.29. The number of carbonyl (C=O) groups excluding carboxylic acids is 1. The van der Waals surface area contributed by atoms with E-state index in [1.807, 2.05) is 6.92 Å². The van der Waals surface area contributed by atoms with Crippen LogP contribution in [0.15, 0.2) is 23.3 Å². The lowest BCUT2D eigenvalue weighted by molar-refractivity contribution is -0.124. The van der Waals surface area contributed by atoms with Gasteiger partial charge in [0.2, 0.25) is 0 Å². The molecule has 0 amide bonds. The Morgan fingerprint density at radius 1 is 1.42 bits per heavy atom. The molecule has 66 valence electrons. The predicted molar refractivity (Wildman–Crippen MR) is 42.1 cm³/mol. The van der Waals surface area contributed by atoms with Crippen LogP contribution in [0.25, 0.3) is 0 Å². The van der Waals surface area contributed by atoms with E-state index < -0.39 is 5.92 Å². The highest BCUT2D eigenvalue weighted by atomic mass is 19.3. The van der Waals surface area contributed by atoms with Gasteiger partial charge in [0, 0.05) is 5.57 Å². The number of rotatable bonds is 2. The van der Waals surface area contributed by atoms with Crippen molar-refractivity contribution < 1.29 is 13.6 Å². The number of hydrogen-bond acceptors (Lipinski definition) is 1. The van der Waals surface area contributed by atoms with Gasteiger partial charge in [-0.15, -0.1) is 0 Å². The summed E-state index contributed by atoms with van der Waals surface area (Å²) in [6, 6.07) is 0. The van der Waals surface area contributed by atoms with E-state index in [-0.39, 0.29) is 18.3 Å². The summed E-state index contributed by atoms with van der Waals surface area (Å²) < 4.78 is 25.4. The van der Waals surface area contributed by atoms with Crippen LogP contribution in [0, 0.1) is 0 Å². The van der Waals surface area contributed by atoms with Crippen LogP contribution in [-0.4, -0.2) is 12.2 Å². The topological polar surface area (TPSA) is 17.1 Å². The average molecular weight is 172 g/mol. The van der Waals surface area contributed by atoms with Gasteiger partial charge in [-0.2, -0.15) is 8.78 Å². The Morgan fingerprint density at radius 2 is 2.08 bits per heavy atom. The molecule has 0 aliphatic heterocycles. The van der Waals surface area contributed by atoms with Gasteiger partial charge < -0.3 is 0 Å². The van der Waals surface area contributed by atoms with Crippen LogP contribution in [0.3, 0.4) is 0 Å². The first kappa shape index (κ1) is 9.10. The molecule has 1 nitrogen and oxygen atoms in total. The van der Waals surface area contributed by atoms with Crippen molar-refractivity contribution in [1.29, 1.82) is 0 Å². The molecule has 3 heteroatoms. The molecule has 1 aliphatic rings. The molecule has 0 aromatic heterocycles. The Hall–Kier alpha value is -0.990. The van der Waals surface area contributed by atoms with Gasteiger partial charge in [0.25, 0.3) is 0 Å². The second kappa shape index (κ2) is 3.17. The second-order valence-electron chi connectivity index (χ2n) is 2.95. The third kappa shape index (κ3) is 1.78. The van der Waals surface area contributed by atoms with Crippen LogP contribution in [0.2, 0.25) is 0 Å². The first-order chi connectivity index (χ1) is 5.56. The Morgan fingerprint density at radius 3 is 2.50 bits per heavy atom. The Bertz CT molecular complexity index is 251. The lowest BCUT2D eigenvalue weighted by Gasteiger charge is -2.16. The quantitative estimate of drug-likeness (QED) is 0.585. The van der Waals surface area contributed by atoms with Crippen molar-refractivity contribution >= 4 is 6.29 Å². The number of allylic oxidation sites excluding steroid dienone is 4. The largest absolute Gasteiger partial charge is 0.324 e. The third-order valence-corrected chi connectivity index (χ3v) is 1.93. The lowest BCUT2D eigenvalue weighted by Crippen LogP contribution is -2.22. The number of alkyl halides is 2. The summed E-state index contributed by atoms with van der Waals surface area (Å²) in [6.45, 7) is 1.88. The smallest absolute Gasteiger partial charge is 0.296 e. The standard InChI is InChI=1S/C9H10F2O/c1-7-2-4-8(5-3-7)9(10,11)6-12/h2,4,6H,3,5H2,1H3. The van der Waals surface area contributed by atoms with Crippen molar-refractivity contribution in [3.63, 3.8) is 0 Å². The maximum atomic E-state index is 12.7. The van der Waals surface area contributed by atoms with Gasteiger partial charge in [-0.25, -0.2) is 0 Å². The van der Waals surface area contributed by atoms with Crippen LogP contribution < -0.4 is 0 Å². The fourth-order valence-corrected chi connectivity index (χ4v) is 1.09. The Balaban J connectivity index is 2.84. The minimum absolute atomic E-state index is 0.0805. The van der Waals surface area contributed by atoms with Gasteiger partial charge in [-0.05, 0) is 19.8 Å². The SMILES string of the molecule is CC1=CC=C(C(F)(F)C=O)CC1. The summed E-state index contributed by atoms with van der Waals surface area (Å²) in [5.74, 6) is -3.27. The molecule has 0 atom stereocenters. The van der Waals surface area contributed by atoms with E-state index in [2.05, 4.69) is 0 Å². The number of halogens is 2. The molecule has 0 aromatic carbocycles. The molecule has 0 saturated carbocycles. The summed E-state index contributed by atoms with van der Waals surface area (Å²) in [6.07, 6.45) is 3.58. The van der Waals surface area contributed by atoms with Gasteiger partial charge in [-0.3, -0.25) is 4.79 Å². The molecule has 0 radical (unpaired) electrons. The summed E-state index contributed by atoms with van der Waals surface area (Å²) in [7, 11) is 0. The van der Waals surface area contributed by atoms with E-state index in [0.717, 1.165) is 5.57 Å². The van der Waals surface area contributed by atoms with Gasteiger partial charge in [0.15, 0.2) is 6.29 Å². The summed E-state index contributed by atoms with van der Waals surface area (Å²) in [5, 5.41) is 0. The molecule has 1 rings (SSSR count). The maximum Gasteiger partial charge on any atom is 0.324 e. The van der Waals surface area contributed by atoms with Gasteiger partial charge >= 0.3 is 5.92 Å². The highest BCUT2D eigenvalue weighted by molar-refractivity contribution is 5.66. The second-order valence-corrected chi connectivity index (χ2v) is 2.95. The highest BCUT2D eigenvalue weighted by Gasteiger charge is 2.33. The maximum absolute atomic E-state index is 12.7. The van der Waals surface area contributed by atoms with Crippen molar-refractivity contribution in [1.82, 2.24) is 0 Å². The van der Waals surface area contributed by atoms with Gasteiger partial charge in [0.05, 0.1) is 0 Å². The number of aldehydes is 1. The van der Waals surface area contributed by atoms with Crippen molar-refractivity contribution in [3.05, 3.63) is 23.3 Å². The molecule has 0 saturated heterocycles. The molecule has 1 aliphatic carbocycles. The van der Waals surface area contributed by atoms with Crippen molar-refractivity contribution in [2.75, 3.05) is 0 Å². The Kier molecular flexibility index (Phi) is 2.40. The van der Waals surface area contributed by atoms with Crippen LogP contribution in [0.1, 0.15) is 19.8 Å². The minimum Gasteiger partial charge on any atom is -0.296 e. The van der Waals surface area contributed by atoms with E-state index in [1.165, 1.54) is 6.08 Å². The zero-order valence-corrected chi connectivity index (χ0v) is 6.81. The zero-order chi connectivity index (χ0) is 9.19. The summed E-state index contributed by atoms with van der Waals surface area (Å²) >= 11 is 0. The molecule has 0 heterocycles. The van der Waals surface area contributed by atoms with Crippen LogP contribution >= 0.6 is 0 Å². The van der Waals surface area contributed by atoms with E-state index in [9.17, 15) is 13.6 Å². The average Bonchev–Trinajstić information content (AvgIpc) is 2.05. The van der Waals surface area contributed by atoms with Crippen molar-refractivity contribution in [2.45, 2.75) is 25.7 Å². The minimum atomic E-state index is -3.27. The van der Waals surface area contributed by atoms with Gasteiger partial charge in [0.1, 0.15) is 0 Å². The predicted octanol–water partition coefficient (Wildman–Crippen LogP) is 2.49. The molecular formula is C9H10F2O. The lowest BCUT2D eigenvalue weighted by atomic mass is 9.96. The number of hydrogen-bond donors (Lipinski definition) is 0. The van der Waals surface area contributed by atoms with Gasteiger partial charge in [-0.1, -0.05) is 17.7 Å². The molecule has 0 aromatic rings. The van der Waals surface area contributed by atoms with Crippen LogP contribution in [-0.2, 0) is 4.79 Å². The number of carbonyl (C=O) groups is 1. The van der Waals surface area contributed by atoms with Crippen molar-refractivity contribution in [2.24, 2.45) is 0 Å². The first-order valence-corrected chi connectivity index (χ1v) is 3.77. The molecular weight excluding hydrogens is 162 g/mol. The third-order valence-electron chi connectivity index (χ3n) is 1.93. The normalized spacial score (nSPS) is 18.2. The fourth-order valence-electron chi connectivity index (χ4n) is 1.09. The molecule has 0 spiro atoms. The summed E-state index contributed by atoms with van der Waals surface area (Å²) in [5.41, 5.74) is 0.989. The first-order valence-electron chi connectivity index (χ1n) is 3.77. The molecule has 0 N–H and O–H groups in total. The van der Waals surface area contributed by atoms with Crippen molar-refractivity contribution in [3.8, 4) is 0 Å². The molecule has 0 unspecified atom stereocenters. The summed E-state index contributed by atoms with van der Waals surface area (Å²) in [4.78, 5) is 10.00. The van der Waals surface area contributed by atoms with E-state index >= 15 is 0 Å². The monoisotopic (exact) mass is 172 g/mol. The van der Waals surface area contributed by atoms with Crippen LogP contribution in [0.5, 0.6) is 0 Å². The molecule has 12 heavy (non-hydrogen) atoms. The fraction of sp³-hybridized carbons (Fsp3) is 0.444. The van der Waals surface area contributed by atoms with E-state index in [0.29, 0.717) is 6.42 Å². The molecule has 0 fully saturated rings. The molecule has 0 bridgehead atoms. The Labute approximate surface area is 69.8 Å². The van der Waals surface area contributed by atoms with Crippen LogP contribution in [0.4, 0.5) is 8.78 Å². The van der Waals surface area contributed by atoms with E-state index in [1.54, 1.807) is 6.08 Å². The zero-order valence-electron chi connectivity index (χ0n) is 6.81. The van der Waals surface area contributed by atoms with E-state index in [4.69, 9.17) is 0 Å².